The van der Waals surface area contributed by atoms with Crippen LogP contribution in [0.1, 0.15) is 31.9 Å². The highest BCUT2D eigenvalue weighted by Gasteiger charge is 2.18. The van der Waals surface area contributed by atoms with Crippen molar-refractivity contribution in [3.8, 4) is 0 Å². The van der Waals surface area contributed by atoms with E-state index in [2.05, 4.69) is 11.8 Å². The number of nitrogens with zero attached hydrogens (tertiary/aromatic N) is 2. The Morgan fingerprint density at radius 3 is 2.42 bits per heavy atom. The number of anilines is 1. The lowest BCUT2D eigenvalue weighted by atomic mass is 10.1. The third-order valence-electron chi connectivity index (χ3n) is 3.09. The maximum Gasteiger partial charge on any atom is 0.146 e. The number of benzene rings is 1. The van der Waals surface area contributed by atoms with Crippen molar-refractivity contribution >= 4 is 5.69 Å². The minimum absolute atomic E-state index is 0.259. The molecule has 0 spiro atoms. The summed E-state index contributed by atoms with van der Waals surface area (Å²) in [6, 6.07) is 4.90. The van der Waals surface area contributed by atoms with Crippen LogP contribution in [-0.4, -0.2) is 43.7 Å². The molecule has 19 heavy (non-hydrogen) atoms. The minimum Gasteiger partial charge on any atom is -0.389 e. The van der Waals surface area contributed by atoms with Crippen LogP contribution in [0.4, 0.5) is 10.1 Å². The lowest BCUT2D eigenvalue weighted by Gasteiger charge is -2.29. The van der Waals surface area contributed by atoms with Crippen LogP contribution >= 0.6 is 0 Å². The second kappa shape index (κ2) is 7.46. The fourth-order valence-electron chi connectivity index (χ4n) is 2.13. The predicted molar refractivity (Wildman–Crippen MR) is 78.1 cm³/mol. The first-order valence-electron chi connectivity index (χ1n) is 6.83. The predicted octanol–water partition coefficient (Wildman–Crippen LogP) is 2.66. The Hall–Kier alpha value is -1.13. The maximum absolute atomic E-state index is 14.1. The zero-order valence-corrected chi connectivity index (χ0v) is 12.4. The van der Waals surface area contributed by atoms with Crippen molar-refractivity contribution in [1.82, 2.24) is 4.90 Å². The number of rotatable bonds is 7. The number of para-hydroxylation sites is 1. The lowest BCUT2D eigenvalue weighted by Crippen LogP contribution is -2.33. The third kappa shape index (κ3) is 4.48. The van der Waals surface area contributed by atoms with Gasteiger partial charge in [-0.1, -0.05) is 19.1 Å². The van der Waals surface area contributed by atoms with Crippen LogP contribution in [0.15, 0.2) is 18.2 Å². The van der Waals surface area contributed by atoms with Crippen LogP contribution in [0, 0.1) is 5.82 Å². The van der Waals surface area contributed by atoms with E-state index in [-0.39, 0.29) is 5.82 Å². The van der Waals surface area contributed by atoms with Gasteiger partial charge in [-0.3, -0.25) is 0 Å². The number of likely N-dealkylation sites (N-methyl/N-ethyl adjacent to an activating group) is 1. The molecule has 0 saturated carbocycles. The molecule has 0 amide bonds. The second-order valence-electron chi connectivity index (χ2n) is 5.14. The van der Waals surface area contributed by atoms with Crippen LogP contribution < -0.4 is 4.90 Å². The molecular weight excluding hydrogens is 243 g/mol. The standard InChI is InChI=1S/C15H25FN2O/c1-5-9-18(11-10-17(3)4)15-13(12(2)19)7-6-8-14(15)16/h6-8,12,19H,5,9-11H2,1-4H3/t12-/m0/s1. The molecule has 1 N–H and O–H groups in total. The molecule has 0 fully saturated rings. The fraction of sp³-hybridized carbons (Fsp3) is 0.600. The SMILES string of the molecule is CCCN(CCN(C)C)c1c(F)cccc1[C@H](C)O. The van der Waals surface area contributed by atoms with Gasteiger partial charge >= 0.3 is 0 Å². The average Bonchev–Trinajstić information content (AvgIpc) is 2.34. The zero-order chi connectivity index (χ0) is 14.4. The zero-order valence-electron chi connectivity index (χ0n) is 12.4. The van der Waals surface area contributed by atoms with Crippen molar-refractivity contribution < 1.29 is 9.50 Å². The Kier molecular flexibility index (Phi) is 6.25. The average molecular weight is 268 g/mol. The summed E-state index contributed by atoms with van der Waals surface area (Å²) in [4.78, 5) is 4.10. The molecule has 0 saturated heterocycles. The van der Waals surface area contributed by atoms with Crippen molar-refractivity contribution in [2.75, 3.05) is 38.6 Å². The van der Waals surface area contributed by atoms with Crippen LogP contribution in [0.2, 0.25) is 0 Å². The van der Waals surface area contributed by atoms with Crippen molar-refractivity contribution in [3.05, 3.63) is 29.6 Å². The van der Waals surface area contributed by atoms with Gasteiger partial charge in [-0.2, -0.15) is 0 Å². The maximum atomic E-state index is 14.1. The van der Waals surface area contributed by atoms with Gasteiger partial charge < -0.3 is 14.9 Å². The first-order chi connectivity index (χ1) is 8.97. The molecule has 108 valence electrons. The van der Waals surface area contributed by atoms with Gasteiger partial charge in [-0.05, 0) is 33.5 Å². The quantitative estimate of drug-likeness (QED) is 0.823. The van der Waals surface area contributed by atoms with E-state index in [4.69, 9.17) is 0 Å². The third-order valence-corrected chi connectivity index (χ3v) is 3.09. The molecule has 0 aliphatic rings. The largest absolute Gasteiger partial charge is 0.389 e. The molecular formula is C15H25FN2O. The summed E-state index contributed by atoms with van der Waals surface area (Å²) in [7, 11) is 4.00. The van der Waals surface area contributed by atoms with Crippen molar-refractivity contribution in [3.63, 3.8) is 0 Å². The highest BCUT2D eigenvalue weighted by atomic mass is 19.1. The molecule has 0 radical (unpaired) electrons. The summed E-state index contributed by atoms with van der Waals surface area (Å²) in [5.41, 5.74) is 1.20. The highest BCUT2D eigenvalue weighted by molar-refractivity contribution is 5.55. The summed E-state index contributed by atoms with van der Waals surface area (Å²) in [6.45, 7) is 6.14. The first-order valence-corrected chi connectivity index (χ1v) is 6.83. The van der Waals surface area contributed by atoms with E-state index in [0.717, 1.165) is 26.1 Å². The van der Waals surface area contributed by atoms with E-state index in [9.17, 15) is 9.50 Å². The van der Waals surface area contributed by atoms with Gasteiger partial charge in [0.1, 0.15) is 5.82 Å². The molecule has 0 unspecified atom stereocenters. The van der Waals surface area contributed by atoms with Crippen molar-refractivity contribution in [2.45, 2.75) is 26.4 Å². The Balaban J connectivity index is 3.06. The van der Waals surface area contributed by atoms with Crippen molar-refractivity contribution in [2.24, 2.45) is 0 Å². The fourth-order valence-corrected chi connectivity index (χ4v) is 2.13. The van der Waals surface area contributed by atoms with Crippen LogP contribution in [0.3, 0.4) is 0 Å². The molecule has 1 rings (SSSR count). The molecule has 0 bridgehead atoms. The van der Waals surface area contributed by atoms with E-state index in [0.29, 0.717) is 11.3 Å². The molecule has 1 atom stereocenters. The van der Waals surface area contributed by atoms with Gasteiger partial charge in [0.15, 0.2) is 0 Å². The van der Waals surface area contributed by atoms with Gasteiger partial charge in [0, 0.05) is 25.2 Å². The Morgan fingerprint density at radius 1 is 1.21 bits per heavy atom. The van der Waals surface area contributed by atoms with Gasteiger partial charge in [-0.15, -0.1) is 0 Å². The molecule has 0 aromatic heterocycles. The van der Waals surface area contributed by atoms with Crippen LogP contribution in [0.5, 0.6) is 0 Å². The minimum atomic E-state index is -0.663. The van der Waals surface area contributed by atoms with Crippen LogP contribution in [0.25, 0.3) is 0 Å². The molecule has 0 aliphatic carbocycles. The smallest absolute Gasteiger partial charge is 0.146 e. The Morgan fingerprint density at radius 2 is 1.89 bits per heavy atom. The van der Waals surface area contributed by atoms with Gasteiger partial charge in [0.05, 0.1) is 11.8 Å². The van der Waals surface area contributed by atoms with E-state index in [1.54, 1.807) is 19.1 Å². The number of halogens is 1. The molecule has 1 aromatic carbocycles. The lowest BCUT2D eigenvalue weighted by molar-refractivity contribution is 0.199. The van der Waals surface area contributed by atoms with Gasteiger partial charge in [0.25, 0.3) is 0 Å². The summed E-state index contributed by atoms with van der Waals surface area (Å²) in [5, 5.41) is 9.82. The monoisotopic (exact) mass is 268 g/mol. The van der Waals surface area contributed by atoms with Gasteiger partial charge in [0.2, 0.25) is 0 Å². The van der Waals surface area contributed by atoms with E-state index in [1.165, 1.54) is 6.07 Å². The summed E-state index contributed by atoms with van der Waals surface area (Å²) in [5.74, 6) is -0.259. The van der Waals surface area contributed by atoms with Crippen molar-refractivity contribution in [1.29, 1.82) is 0 Å². The molecule has 1 aromatic rings. The molecule has 0 aliphatic heterocycles. The van der Waals surface area contributed by atoms with Gasteiger partial charge in [-0.25, -0.2) is 4.39 Å². The first kappa shape index (κ1) is 15.9. The Labute approximate surface area is 115 Å². The topological polar surface area (TPSA) is 26.7 Å². The van der Waals surface area contributed by atoms with E-state index < -0.39 is 6.10 Å². The van der Waals surface area contributed by atoms with Crippen LogP contribution in [-0.2, 0) is 0 Å². The normalized spacial score (nSPS) is 12.8. The number of aliphatic hydroxyl groups is 1. The Bertz CT molecular complexity index is 394. The number of hydrogen-bond donors (Lipinski definition) is 1. The summed E-state index contributed by atoms with van der Waals surface area (Å²) < 4.78 is 14.1. The summed E-state index contributed by atoms with van der Waals surface area (Å²) in [6.07, 6.45) is 0.283. The number of aliphatic hydroxyl groups excluding tert-OH is 1. The molecule has 0 heterocycles. The molecule has 3 nitrogen and oxygen atoms in total. The highest BCUT2D eigenvalue weighted by Crippen LogP contribution is 2.29. The number of hydrogen-bond acceptors (Lipinski definition) is 3. The van der Waals surface area contributed by atoms with E-state index in [1.807, 2.05) is 19.0 Å². The summed E-state index contributed by atoms with van der Waals surface area (Å²) >= 11 is 0. The van der Waals surface area contributed by atoms with E-state index >= 15 is 0 Å². The molecule has 4 heteroatoms. The second-order valence-corrected chi connectivity index (χ2v) is 5.14.